The van der Waals surface area contributed by atoms with Gasteiger partial charge in [0.1, 0.15) is 42.3 Å². The van der Waals surface area contributed by atoms with E-state index in [1.807, 2.05) is 0 Å². The highest BCUT2D eigenvalue weighted by Crippen LogP contribution is 2.35. The Morgan fingerprint density at radius 3 is 1.64 bits per heavy atom. The summed E-state index contributed by atoms with van der Waals surface area (Å²) in [7, 11) is 0. The summed E-state index contributed by atoms with van der Waals surface area (Å²) < 4.78 is 0. The Labute approximate surface area is 456 Å². The molecule has 0 saturated carbocycles. The topological polar surface area (TPSA) is 454 Å². The molecule has 3 aromatic carbocycles. The molecule has 28 heteroatoms. The van der Waals surface area contributed by atoms with E-state index < -0.39 is 176 Å². The molecule has 0 saturated heterocycles. The molecule has 0 aliphatic heterocycles. The van der Waals surface area contributed by atoms with Crippen molar-refractivity contribution in [1.29, 1.82) is 0 Å². The molecule has 0 radical (unpaired) electrons. The van der Waals surface area contributed by atoms with Crippen molar-refractivity contribution in [3.05, 3.63) is 89.5 Å². The second-order valence-electron chi connectivity index (χ2n) is 18.6. The monoisotopic (exact) mass is 1110 g/mol. The molecule has 0 spiro atoms. The molecule has 1 aliphatic rings. The molecule has 1 aliphatic carbocycles. The zero-order chi connectivity index (χ0) is 59.5. The van der Waals surface area contributed by atoms with Crippen molar-refractivity contribution in [1.82, 2.24) is 42.5 Å². The average Bonchev–Trinajstić information content (AvgIpc) is 3.47. The molecule has 8 unspecified atom stereocenters. The number of aliphatic carboxylic acids is 2. The van der Waals surface area contributed by atoms with Gasteiger partial charge in [-0.25, -0.2) is 4.79 Å². The van der Waals surface area contributed by atoms with E-state index in [1.165, 1.54) is 38.1 Å². The quantitative estimate of drug-likeness (QED) is 0.0305. The number of aliphatic hydroxyl groups is 2. The summed E-state index contributed by atoms with van der Waals surface area (Å²) in [6.07, 6.45) is -6.62. The van der Waals surface area contributed by atoms with Crippen molar-refractivity contribution in [2.45, 2.75) is 121 Å². The van der Waals surface area contributed by atoms with Gasteiger partial charge < -0.3 is 74.0 Å². The predicted molar refractivity (Wildman–Crippen MR) is 278 cm³/mol. The Kier molecular flexibility index (Phi) is 23.1. The number of rotatable bonds is 29. The van der Waals surface area contributed by atoms with Crippen LogP contribution >= 0.6 is 0 Å². The minimum absolute atomic E-state index is 0.00936. The standard InChI is InChI=1S/C52H62N10O18/c1-24(55-50(77)42(25(2)63)62-49(76)36(56-27(4)65)20-28-10-6-5-7-11-28)46(73)61-43(26(3)64)51(78)59-34(17-19-41(69)70)47(74)54-23-40(68)58-35(16-18-38(53)66)48(75)60-37(52(79)80)22-39(67)57-29-14-15-31-30-12-8-9-13-32(30)44(71)45(72)33(31)21-29/h5-15,21,24-26,34-37,42-43,63-64H,16-20,22-23H2,1-4H3,(H2,53,66)(H,54,74)(H,55,77)(H,56,65)(H,57,67)(H,58,68)(H,59,78)(H,60,75)(H,61,73)(H,62,76)(H,69,70)(H,79,80)/t24?,25?,26?,34?,35?,36?,37-,42?,43?/m0/s1. The van der Waals surface area contributed by atoms with Crippen LogP contribution in [-0.2, 0) is 64.0 Å². The van der Waals surface area contributed by atoms with Gasteiger partial charge in [0.15, 0.2) is 0 Å². The second-order valence-corrected chi connectivity index (χ2v) is 18.6. The highest BCUT2D eigenvalue weighted by atomic mass is 16.4. The molecule has 15 N–H and O–H groups in total. The molecule has 0 fully saturated rings. The van der Waals surface area contributed by atoms with E-state index in [1.54, 1.807) is 48.5 Å². The second kappa shape index (κ2) is 29.3. The van der Waals surface area contributed by atoms with Gasteiger partial charge in [-0.3, -0.25) is 62.3 Å². The number of carbonyl (C=O) groups is 14. The third kappa shape index (κ3) is 18.6. The van der Waals surface area contributed by atoms with Gasteiger partial charge in [0, 0.05) is 43.0 Å². The lowest BCUT2D eigenvalue weighted by molar-refractivity contribution is -0.143. The largest absolute Gasteiger partial charge is 0.481 e. The number of anilines is 1. The molecule has 28 nitrogen and oxygen atoms in total. The highest BCUT2D eigenvalue weighted by Gasteiger charge is 2.36. The van der Waals surface area contributed by atoms with Crippen molar-refractivity contribution < 1.29 is 87.5 Å². The Bertz CT molecular complexity index is 2900. The lowest BCUT2D eigenvalue weighted by Crippen LogP contribution is -2.62. The Balaban J connectivity index is 1.37. The van der Waals surface area contributed by atoms with Crippen LogP contribution in [0.4, 0.5) is 5.69 Å². The maximum absolute atomic E-state index is 13.5. The number of carbonyl (C=O) groups excluding carboxylic acids is 12. The number of nitrogens with one attached hydrogen (secondary N) is 9. The van der Waals surface area contributed by atoms with Crippen molar-refractivity contribution in [2.24, 2.45) is 5.73 Å². The summed E-state index contributed by atoms with van der Waals surface area (Å²) in [5.41, 5.74) is 6.99. The van der Waals surface area contributed by atoms with Gasteiger partial charge >= 0.3 is 11.9 Å². The Hall–Kier alpha value is -9.44. The fourth-order valence-electron chi connectivity index (χ4n) is 7.98. The normalized spacial score (nSPS) is 14.8. The van der Waals surface area contributed by atoms with Crippen LogP contribution in [0.5, 0.6) is 0 Å². The SMILES string of the molecule is CC(=O)NC(Cc1ccccc1)C(=O)NC(C(=O)NC(C)C(=O)NC(C(=O)NC(CCC(=O)O)C(=O)NCC(=O)NC(CCC(N)=O)C(=O)N[C@@H](CC(=O)Nc1ccc2c(c1)C(=O)C(=O)c1ccccc1-2)C(=O)O)C(C)O)C(C)O. The number of nitrogens with two attached hydrogens (primary N) is 1. The zero-order valence-electron chi connectivity index (χ0n) is 43.7. The number of ketones is 2. The third-order valence-electron chi connectivity index (χ3n) is 12.1. The summed E-state index contributed by atoms with van der Waals surface area (Å²) in [6.45, 7) is 3.56. The highest BCUT2D eigenvalue weighted by molar-refractivity contribution is 6.53. The first kappa shape index (κ1) is 63.1. The lowest BCUT2D eigenvalue weighted by atomic mass is 9.84. The number of aliphatic hydroxyl groups excluding tert-OH is 2. The minimum atomic E-state index is -1.96. The van der Waals surface area contributed by atoms with Crippen LogP contribution in [0.3, 0.4) is 0 Å². The summed E-state index contributed by atoms with van der Waals surface area (Å²) in [5.74, 6) is -15.1. The van der Waals surface area contributed by atoms with Gasteiger partial charge in [-0.1, -0.05) is 60.7 Å². The number of primary amides is 1. The van der Waals surface area contributed by atoms with Crippen molar-refractivity contribution in [3.8, 4) is 11.1 Å². The van der Waals surface area contributed by atoms with E-state index >= 15 is 0 Å². The van der Waals surface area contributed by atoms with Crippen LogP contribution < -0.4 is 53.6 Å². The van der Waals surface area contributed by atoms with Crippen LogP contribution in [0.1, 0.15) is 86.1 Å². The molecule has 428 valence electrons. The summed E-state index contributed by atoms with van der Waals surface area (Å²) >= 11 is 0. The maximum atomic E-state index is 13.5. The Morgan fingerprint density at radius 1 is 0.525 bits per heavy atom. The van der Waals surface area contributed by atoms with Crippen molar-refractivity contribution in [3.63, 3.8) is 0 Å². The molecular formula is C52H62N10O18. The van der Waals surface area contributed by atoms with Gasteiger partial charge in [0.05, 0.1) is 25.2 Å². The van der Waals surface area contributed by atoms with Gasteiger partial charge in [0.25, 0.3) is 0 Å². The minimum Gasteiger partial charge on any atom is -0.481 e. The molecule has 9 atom stereocenters. The summed E-state index contributed by atoms with van der Waals surface area (Å²) in [5, 5.41) is 60.6. The summed E-state index contributed by atoms with van der Waals surface area (Å²) in [6, 6.07) is 7.32. The molecule has 4 rings (SSSR count). The number of Topliss-reactive ketones (excluding diaryl/α,β-unsaturated/α-hetero) is 2. The molecular weight excluding hydrogens is 1050 g/mol. The number of benzene rings is 3. The van der Waals surface area contributed by atoms with Gasteiger partial charge in [-0.05, 0) is 62.4 Å². The lowest BCUT2D eigenvalue weighted by Gasteiger charge is -2.27. The van der Waals surface area contributed by atoms with Crippen LogP contribution in [0, 0.1) is 0 Å². The number of fused-ring (bicyclic) bond motifs is 3. The first-order valence-electron chi connectivity index (χ1n) is 24.8. The summed E-state index contributed by atoms with van der Waals surface area (Å²) in [4.78, 5) is 180. The van der Waals surface area contributed by atoms with Gasteiger partial charge in [0.2, 0.25) is 70.6 Å². The van der Waals surface area contributed by atoms with Crippen LogP contribution in [0.2, 0.25) is 0 Å². The molecule has 10 amide bonds. The number of hydrogen-bond acceptors (Lipinski definition) is 16. The number of carboxylic acids is 2. The fraction of sp³-hybridized carbons (Fsp3) is 0.385. The van der Waals surface area contributed by atoms with E-state index in [2.05, 4.69) is 47.9 Å². The molecule has 0 bridgehead atoms. The first-order chi connectivity index (χ1) is 37.7. The first-order valence-corrected chi connectivity index (χ1v) is 24.8. The third-order valence-corrected chi connectivity index (χ3v) is 12.1. The Morgan fingerprint density at radius 2 is 1.05 bits per heavy atom. The smallest absolute Gasteiger partial charge is 0.326 e. The molecule has 0 aromatic heterocycles. The van der Waals surface area contributed by atoms with E-state index in [0.29, 0.717) is 16.7 Å². The van der Waals surface area contributed by atoms with Crippen LogP contribution in [0.25, 0.3) is 11.1 Å². The molecule has 3 aromatic rings. The van der Waals surface area contributed by atoms with Gasteiger partial charge in [-0.2, -0.15) is 0 Å². The van der Waals surface area contributed by atoms with E-state index in [-0.39, 0.29) is 23.2 Å². The fourth-order valence-corrected chi connectivity index (χ4v) is 7.98. The van der Waals surface area contributed by atoms with Gasteiger partial charge in [-0.15, -0.1) is 0 Å². The number of amides is 10. The zero-order valence-corrected chi connectivity index (χ0v) is 43.7. The van der Waals surface area contributed by atoms with E-state index in [0.717, 1.165) is 13.8 Å². The molecule has 80 heavy (non-hydrogen) atoms. The number of hydrogen-bond donors (Lipinski definition) is 14. The maximum Gasteiger partial charge on any atom is 0.326 e. The van der Waals surface area contributed by atoms with E-state index in [9.17, 15) is 87.5 Å². The van der Waals surface area contributed by atoms with Crippen LogP contribution in [0.15, 0.2) is 72.8 Å². The average molecular weight is 1120 g/mol. The number of carboxylic acid groups (broad SMARTS) is 2. The molecule has 0 heterocycles. The van der Waals surface area contributed by atoms with Crippen molar-refractivity contribution >= 4 is 88.3 Å². The predicted octanol–water partition coefficient (Wildman–Crippen LogP) is -3.17. The van der Waals surface area contributed by atoms with E-state index in [4.69, 9.17) is 5.73 Å². The van der Waals surface area contributed by atoms with Crippen LogP contribution in [-0.4, -0.2) is 164 Å². The van der Waals surface area contributed by atoms with Crippen molar-refractivity contribution in [2.75, 3.05) is 11.9 Å².